The summed E-state index contributed by atoms with van der Waals surface area (Å²) in [6.07, 6.45) is 1.40. The molecule has 0 unspecified atom stereocenters. The molecule has 2 amide bonds. The Labute approximate surface area is 104 Å². The van der Waals surface area contributed by atoms with Gasteiger partial charge in [-0.2, -0.15) is 10.4 Å². The van der Waals surface area contributed by atoms with Gasteiger partial charge in [0.1, 0.15) is 17.5 Å². The molecule has 1 aromatic carbocycles. The minimum absolute atomic E-state index is 0.320. The lowest BCUT2D eigenvalue weighted by Gasteiger charge is -2.07. The van der Waals surface area contributed by atoms with Crippen molar-refractivity contribution in [1.82, 2.24) is 9.78 Å². The van der Waals surface area contributed by atoms with Crippen LogP contribution < -0.4 is 10.6 Å². The topological polar surface area (TPSA) is 82.7 Å². The highest BCUT2D eigenvalue weighted by atomic mass is 16.2. The molecule has 0 spiro atoms. The Morgan fingerprint density at radius 2 is 2.06 bits per heavy atom. The molecule has 0 atom stereocenters. The molecule has 0 fully saturated rings. The molecular formula is C12H11N5O. The monoisotopic (exact) mass is 241 g/mol. The van der Waals surface area contributed by atoms with E-state index in [9.17, 15) is 4.79 Å². The summed E-state index contributed by atoms with van der Waals surface area (Å²) in [7, 11) is 1.65. The molecule has 0 aliphatic rings. The first-order valence-corrected chi connectivity index (χ1v) is 5.26. The number of nitriles is 1. The summed E-state index contributed by atoms with van der Waals surface area (Å²) in [5, 5.41) is 18.0. The lowest BCUT2D eigenvalue weighted by atomic mass is 10.3. The second kappa shape index (κ2) is 5.01. The van der Waals surface area contributed by atoms with E-state index >= 15 is 0 Å². The van der Waals surface area contributed by atoms with Crippen LogP contribution in [0.4, 0.5) is 16.3 Å². The van der Waals surface area contributed by atoms with E-state index in [0.717, 1.165) is 0 Å². The molecule has 2 rings (SSSR count). The number of urea groups is 1. The van der Waals surface area contributed by atoms with Gasteiger partial charge in [0.2, 0.25) is 0 Å². The Hall–Kier alpha value is -2.81. The zero-order chi connectivity index (χ0) is 13.0. The van der Waals surface area contributed by atoms with Crippen molar-refractivity contribution in [2.45, 2.75) is 0 Å². The van der Waals surface area contributed by atoms with Gasteiger partial charge in [0.25, 0.3) is 0 Å². The van der Waals surface area contributed by atoms with E-state index in [1.54, 1.807) is 19.2 Å². The molecule has 0 radical (unpaired) electrons. The van der Waals surface area contributed by atoms with E-state index in [4.69, 9.17) is 5.26 Å². The van der Waals surface area contributed by atoms with Crippen molar-refractivity contribution in [3.63, 3.8) is 0 Å². The minimum Gasteiger partial charge on any atom is -0.308 e. The van der Waals surface area contributed by atoms with Crippen molar-refractivity contribution in [2.24, 2.45) is 7.05 Å². The quantitative estimate of drug-likeness (QED) is 0.842. The summed E-state index contributed by atoms with van der Waals surface area (Å²) >= 11 is 0. The standard InChI is InChI=1S/C12H11N5O/c1-17-11(9(7-13)8-14-17)16-12(18)15-10-5-3-2-4-6-10/h2-6,8H,1H3,(H2,15,16,18). The number of anilines is 2. The maximum Gasteiger partial charge on any atom is 0.324 e. The first kappa shape index (κ1) is 11.7. The van der Waals surface area contributed by atoms with Crippen molar-refractivity contribution in [3.8, 4) is 6.07 Å². The normalized spacial score (nSPS) is 9.56. The molecule has 6 heteroatoms. The van der Waals surface area contributed by atoms with Gasteiger partial charge in [-0.05, 0) is 12.1 Å². The average Bonchev–Trinajstić information content (AvgIpc) is 2.72. The highest BCUT2D eigenvalue weighted by Gasteiger charge is 2.11. The molecule has 2 aromatic rings. The Morgan fingerprint density at radius 1 is 1.33 bits per heavy atom. The molecule has 90 valence electrons. The number of para-hydroxylation sites is 1. The highest BCUT2D eigenvalue weighted by molar-refractivity contribution is 5.99. The van der Waals surface area contributed by atoms with Crippen LogP contribution in [0.1, 0.15) is 5.56 Å². The number of carbonyl (C=O) groups excluding carboxylic acids is 1. The molecule has 1 aromatic heterocycles. The number of nitrogens with zero attached hydrogens (tertiary/aromatic N) is 3. The SMILES string of the molecule is Cn1ncc(C#N)c1NC(=O)Nc1ccccc1. The van der Waals surface area contributed by atoms with E-state index in [2.05, 4.69) is 15.7 Å². The predicted octanol–water partition coefficient (Wildman–Crippen LogP) is 1.94. The van der Waals surface area contributed by atoms with Gasteiger partial charge < -0.3 is 5.32 Å². The van der Waals surface area contributed by atoms with Gasteiger partial charge in [-0.1, -0.05) is 18.2 Å². The zero-order valence-corrected chi connectivity index (χ0v) is 9.71. The molecular weight excluding hydrogens is 230 g/mol. The van der Waals surface area contributed by atoms with Crippen LogP contribution in [0.5, 0.6) is 0 Å². The predicted molar refractivity (Wildman–Crippen MR) is 67.0 cm³/mol. The van der Waals surface area contributed by atoms with Gasteiger partial charge in [-0.15, -0.1) is 0 Å². The third-order valence-corrected chi connectivity index (χ3v) is 2.32. The fraction of sp³-hybridized carbons (Fsp3) is 0.0833. The summed E-state index contributed by atoms with van der Waals surface area (Å²) in [5.74, 6) is 0.367. The van der Waals surface area contributed by atoms with Crippen LogP contribution in [0, 0.1) is 11.3 Å². The van der Waals surface area contributed by atoms with Crippen molar-refractivity contribution in [2.75, 3.05) is 10.6 Å². The number of rotatable bonds is 2. The first-order valence-electron chi connectivity index (χ1n) is 5.26. The Balaban J connectivity index is 2.08. The molecule has 18 heavy (non-hydrogen) atoms. The van der Waals surface area contributed by atoms with Crippen molar-refractivity contribution >= 4 is 17.5 Å². The molecule has 0 saturated carbocycles. The van der Waals surface area contributed by atoms with E-state index in [-0.39, 0.29) is 0 Å². The summed E-state index contributed by atoms with van der Waals surface area (Å²) in [6, 6.07) is 10.6. The van der Waals surface area contributed by atoms with E-state index in [1.807, 2.05) is 24.3 Å². The highest BCUT2D eigenvalue weighted by Crippen LogP contribution is 2.13. The number of benzene rings is 1. The smallest absolute Gasteiger partial charge is 0.308 e. The van der Waals surface area contributed by atoms with Crippen LogP contribution in [-0.2, 0) is 7.05 Å². The van der Waals surface area contributed by atoms with Gasteiger partial charge in [-0.25, -0.2) is 4.79 Å². The average molecular weight is 241 g/mol. The Kier molecular flexibility index (Phi) is 3.25. The number of hydrogen-bond acceptors (Lipinski definition) is 3. The number of carbonyl (C=O) groups is 1. The van der Waals surface area contributed by atoms with E-state index < -0.39 is 6.03 Å². The number of hydrogen-bond donors (Lipinski definition) is 2. The van der Waals surface area contributed by atoms with Crippen LogP contribution >= 0.6 is 0 Å². The molecule has 2 N–H and O–H groups in total. The van der Waals surface area contributed by atoms with Crippen molar-refractivity contribution in [3.05, 3.63) is 42.1 Å². The number of aromatic nitrogens is 2. The summed E-state index contributed by atoms with van der Waals surface area (Å²) < 4.78 is 1.43. The number of aryl methyl sites for hydroxylation is 1. The van der Waals surface area contributed by atoms with Crippen LogP contribution in [0.25, 0.3) is 0 Å². The lowest BCUT2D eigenvalue weighted by Crippen LogP contribution is -2.21. The second-order valence-corrected chi connectivity index (χ2v) is 3.59. The third-order valence-electron chi connectivity index (χ3n) is 2.32. The van der Waals surface area contributed by atoms with Crippen LogP contribution in [-0.4, -0.2) is 15.8 Å². The van der Waals surface area contributed by atoms with Gasteiger partial charge >= 0.3 is 6.03 Å². The van der Waals surface area contributed by atoms with Gasteiger partial charge in [0.15, 0.2) is 0 Å². The summed E-state index contributed by atoms with van der Waals surface area (Å²) in [6.45, 7) is 0. The molecule has 0 bridgehead atoms. The largest absolute Gasteiger partial charge is 0.324 e. The molecule has 0 aliphatic carbocycles. The second-order valence-electron chi connectivity index (χ2n) is 3.59. The summed E-state index contributed by atoms with van der Waals surface area (Å²) in [4.78, 5) is 11.7. The Bertz CT molecular complexity index is 597. The van der Waals surface area contributed by atoms with Crippen LogP contribution in [0.3, 0.4) is 0 Å². The Morgan fingerprint density at radius 3 is 2.72 bits per heavy atom. The van der Waals surface area contributed by atoms with E-state index in [0.29, 0.717) is 17.1 Å². The number of amides is 2. The number of nitrogens with one attached hydrogen (secondary N) is 2. The van der Waals surface area contributed by atoms with Crippen molar-refractivity contribution < 1.29 is 4.79 Å². The zero-order valence-electron chi connectivity index (χ0n) is 9.71. The van der Waals surface area contributed by atoms with Crippen molar-refractivity contribution in [1.29, 1.82) is 5.26 Å². The minimum atomic E-state index is -0.415. The maximum absolute atomic E-state index is 11.7. The summed E-state index contributed by atoms with van der Waals surface area (Å²) in [5.41, 5.74) is 0.997. The fourth-order valence-corrected chi connectivity index (χ4v) is 1.46. The fourth-order valence-electron chi connectivity index (χ4n) is 1.46. The molecule has 6 nitrogen and oxygen atoms in total. The third kappa shape index (κ3) is 2.47. The van der Waals surface area contributed by atoms with Gasteiger partial charge in [0.05, 0.1) is 6.20 Å². The van der Waals surface area contributed by atoms with Gasteiger partial charge in [0, 0.05) is 12.7 Å². The van der Waals surface area contributed by atoms with Crippen LogP contribution in [0.15, 0.2) is 36.5 Å². The lowest BCUT2D eigenvalue weighted by molar-refractivity contribution is 0.262. The van der Waals surface area contributed by atoms with E-state index in [1.165, 1.54) is 10.9 Å². The maximum atomic E-state index is 11.7. The first-order chi connectivity index (χ1) is 8.70. The van der Waals surface area contributed by atoms with Crippen LogP contribution in [0.2, 0.25) is 0 Å². The molecule has 1 heterocycles. The molecule has 0 aliphatic heterocycles. The van der Waals surface area contributed by atoms with Gasteiger partial charge in [-0.3, -0.25) is 10.00 Å². The molecule has 0 saturated heterocycles.